The van der Waals surface area contributed by atoms with Gasteiger partial charge in [-0.25, -0.2) is 9.78 Å². The average molecular weight is 656 g/mol. The summed E-state index contributed by atoms with van der Waals surface area (Å²) < 4.78 is 43.5. The highest BCUT2D eigenvalue weighted by Gasteiger charge is 2.38. The number of nitrogen functional groups attached to an aromatic ring is 1. The number of ether oxygens (including phenoxy) is 2. The number of hydrogen-bond acceptors (Lipinski definition) is 8. The second-order valence-electron chi connectivity index (χ2n) is 10.4. The highest BCUT2D eigenvalue weighted by atomic mass is 19.4. The number of alkyl halides is 3. The molecule has 1 heterocycles. The molecule has 250 valence electrons. The van der Waals surface area contributed by atoms with Crippen molar-refractivity contribution in [2.45, 2.75) is 52.6 Å². The molecule has 2 amide bonds. The molecular weight excluding hydrogens is 619 g/mol. The molecule has 1 unspecified atom stereocenters. The van der Waals surface area contributed by atoms with E-state index in [0.29, 0.717) is 35.2 Å². The number of hydrogen-bond donors (Lipinski definition) is 5. The molecule has 14 heteroatoms. The van der Waals surface area contributed by atoms with E-state index in [9.17, 15) is 22.8 Å². The molecule has 0 spiro atoms. The first kappa shape index (κ1) is 35.9. The monoisotopic (exact) mass is 655 g/mol. The molecule has 0 aliphatic carbocycles. The molecule has 4 aromatic rings. The van der Waals surface area contributed by atoms with Crippen LogP contribution in [0.4, 0.5) is 30.4 Å². The number of carboxylic acids is 1. The molecule has 1 aromatic heterocycles. The fourth-order valence-corrected chi connectivity index (χ4v) is 4.34. The highest BCUT2D eigenvalue weighted by Crippen LogP contribution is 2.33. The standard InChI is InChI=1S/C31H35N5O4.C2HF3O2/c1-5-39-28-17-23(9-12-27(28)40-19(2)3)29(36-25-10-11-26-22(16-25)13-14-33-30(26)32)31(38)34-18-21-7-6-8-24(15-21)35-20(4)37;3-2(4,5)1(6)7/h6-17,19,29,36H,5,18H2,1-4H3,(H2,32,33)(H,34,38)(H,35,37);(H,6,7). The number of nitrogens with one attached hydrogen (secondary N) is 3. The lowest BCUT2D eigenvalue weighted by molar-refractivity contribution is -0.192. The molecule has 0 saturated heterocycles. The number of pyridine rings is 1. The molecule has 0 radical (unpaired) electrons. The van der Waals surface area contributed by atoms with Crippen LogP contribution in [-0.2, 0) is 20.9 Å². The van der Waals surface area contributed by atoms with Crippen molar-refractivity contribution in [2.24, 2.45) is 0 Å². The maximum absolute atomic E-state index is 13.7. The Hall–Kier alpha value is -5.53. The summed E-state index contributed by atoms with van der Waals surface area (Å²) in [5.74, 6) is -1.53. The van der Waals surface area contributed by atoms with E-state index < -0.39 is 18.2 Å². The summed E-state index contributed by atoms with van der Waals surface area (Å²) in [5, 5.41) is 18.0. The van der Waals surface area contributed by atoms with Gasteiger partial charge in [-0.2, -0.15) is 13.2 Å². The summed E-state index contributed by atoms with van der Waals surface area (Å²) in [6, 6.07) is 19.7. The minimum atomic E-state index is -5.08. The van der Waals surface area contributed by atoms with Gasteiger partial charge in [-0.3, -0.25) is 9.59 Å². The smallest absolute Gasteiger partial charge is 0.490 e. The summed E-state index contributed by atoms with van der Waals surface area (Å²) in [6.07, 6.45) is -3.46. The van der Waals surface area contributed by atoms with E-state index in [-0.39, 0.29) is 24.5 Å². The number of fused-ring (bicyclic) bond motifs is 1. The Labute approximate surface area is 269 Å². The Morgan fingerprint density at radius 2 is 1.70 bits per heavy atom. The van der Waals surface area contributed by atoms with Crippen LogP contribution < -0.4 is 31.2 Å². The van der Waals surface area contributed by atoms with Crippen molar-refractivity contribution in [1.82, 2.24) is 10.3 Å². The Bertz CT molecular complexity index is 1710. The van der Waals surface area contributed by atoms with Gasteiger partial charge in [-0.1, -0.05) is 18.2 Å². The number of carboxylic acid groups (broad SMARTS) is 1. The number of nitrogens with zero attached hydrogens (tertiary/aromatic N) is 1. The topological polar surface area (TPSA) is 165 Å². The van der Waals surface area contributed by atoms with Gasteiger partial charge in [-0.15, -0.1) is 0 Å². The van der Waals surface area contributed by atoms with E-state index in [2.05, 4.69) is 20.9 Å². The molecule has 6 N–H and O–H groups in total. The molecule has 0 aliphatic heterocycles. The molecule has 1 atom stereocenters. The number of benzene rings is 3. The highest BCUT2D eigenvalue weighted by molar-refractivity contribution is 5.94. The van der Waals surface area contributed by atoms with E-state index >= 15 is 0 Å². The number of nitrogens with two attached hydrogens (primary N) is 1. The van der Waals surface area contributed by atoms with Crippen molar-refractivity contribution in [1.29, 1.82) is 0 Å². The summed E-state index contributed by atoms with van der Waals surface area (Å²) >= 11 is 0. The Morgan fingerprint density at radius 3 is 2.34 bits per heavy atom. The van der Waals surface area contributed by atoms with Gasteiger partial charge in [0.25, 0.3) is 0 Å². The van der Waals surface area contributed by atoms with Gasteiger partial charge < -0.3 is 36.3 Å². The van der Waals surface area contributed by atoms with Crippen molar-refractivity contribution >= 4 is 45.7 Å². The Kier molecular flexibility index (Phi) is 12.4. The quantitative estimate of drug-likeness (QED) is 0.129. The van der Waals surface area contributed by atoms with Crippen molar-refractivity contribution in [3.63, 3.8) is 0 Å². The predicted octanol–water partition coefficient (Wildman–Crippen LogP) is 6.06. The third-order valence-corrected chi connectivity index (χ3v) is 6.29. The summed E-state index contributed by atoms with van der Waals surface area (Å²) in [7, 11) is 0. The third-order valence-electron chi connectivity index (χ3n) is 6.29. The zero-order valence-electron chi connectivity index (χ0n) is 26.1. The minimum absolute atomic E-state index is 0.0324. The van der Waals surface area contributed by atoms with Gasteiger partial charge in [-0.05, 0) is 85.8 Å². The molecular formula is C33H36F3N5O6. The van der Waals surface area contributed by atoms with Gasteiger partial charge in [0.2, 0.25) is 11.8 Å². The molecule has 0 bridgehead atoms. The number of aromatic nitrogens is 1. The van der Waals surface area contributed by atoms with E-state index in [0.717, 1.165) is 22.0 Å². The molecule has 11 nitrogen and oxygen atoms in total. The maximum atomic E-state index is 13.7. The molecule has 4 rings (SSSR count). The number of rotatable bonds is 11. The number of aliphatic carboxylic acids is 1. The van der Waals surface area contributed by atoms with Crippen molar-refractivity contribution in [3.05, 3.63) is 84.1 Å². The predicted molar refractivity (Wildman–Crippen MR) is 172 cm³/mol. The lowest BCUT2D eigenvalue weighted by atomic mass is 10.0. The van der Waals surface area contributed by atoms with Crippen LogP contribution in [0.2, 0.25) is 0 Å². The molecule has 0 fully saturated rings. The zero-order chi connectivity index (χ0) is 34.7. The van der Waals surface area contributed by atoms with Crippen molar-refractivity contribution in [3.8, 4) is 11.5 Å². The third kappa shape index (κ3) is 10.8. The van der Waals surface area contributed by atoms with Crippen LogP contribution in [0, 0.1) is 0 Å². The van der Waals surface area contributed by atoms with Gasteiger partial charge in [0.1, 0.15) is 11.9 Å². The Morgan fingerprint density at radius 1 is 0.979 bits per heavy atom. The van der Waals surface area contributed by atoms with E-state index in [1.54, 1.807) is 12.3 Å². The minimum Gasteiger partial charge on any atom is -0.490 e. The molecule has 47 heavy (non-hydrogen) atoms. The molecule has 0 aliphatic rings. The van der Waals surface area contributed by atoms with Crippen LogP contribution in [0.25, 0.3) is 10.8 Å². The lowest BCUT2D eigenvalue weighted by Crippen LogP contribution is -2.33. The van der Waals surface area contributed by atoms with E-state index in [1.165, 1.54) is 6.92 Å². The second kappa shape index (κ2) is 16.2. The Balaban J connectivity index is 0.000000771. The first-order valence-electron chi connectivity index (χ1n) is 14.5. The fourth-order valence-electron chi connectivity index (χ4n) is 4.34. The van der Waals surface area contributed by atoms with Crippen LogP contribution in [0.15, 0.2) is 72.9 Å². The fraction of sp³-hybridized carbons (Fsp3) is 0.273. The number of amides is 2. The summed E-state index contributed by atoms with van der Waals surface area (Å²) in [6.45, 7) is 7.98. The maximum Gasteiger partial charge on any atom is 0.490 e. The molecule has 0 saturated carbocycles. The van der Waals surface area contributed by atoms with Gasteiger partial charge in [0, 0.05) is 36.4 Å². The number of anilines is 3. The van der Waals surface area contributed by atoms with Gasteiger partial charge in [0.05, 0.1) is 12.7 Å². The summed E-state index contributed by atoms with van der Waals surface area (Å²) in [5.41, 5.74) is 8.99. The first-order valence-corrected chi connectivity index (χ1v) is 14.5. The van der Waals surface area contributed by atoms with Crippen LogP contribution in [0.1, 0.15) is 44.9 Å². The SMILES string of the molecule is CCOc1cc(C(Nc2ccc3c(N)nccc3c2)C(=O)NCc2cccc(NC(C)=O)c2)ccc1OC(C)C.O=C(O)C(F)(F)F. The summed E-state index contributed by atoms with van der Waals surface area (Å²) in [4.78, 5) is 38.2. The molecule has 3 aromatic carbocycles. The zero-order valence-corrected chi connectivity index (χ0v) is 26.1. The van der Waals surface area contributed by atoms with Gasteiger partial charge in [0.15, 0.2) is 11.5 Å². The van der Waals surface area contributed by atoms with Crippen LogP contribution in [0.5, 0.6) is 11.5 Å². The van der Waals surface area contributed by atoms with Crippen LogP contribution in [0.3, 0.4) is 0 Å². The number of carbonyl (C=O) groups is 3. The van der Waals surface area contributed by atoms with E-state index in [4.69, 9.17) is 25.1 Å². The second-order valence-corrected chi connectivity index (χ2v) is 10.4. The largest absolute Gasteiger partial charge is 0.490 e. The first-order chi connectivity index (χ1) is 22.2. The van der Waals surface area contributed by atoms with Crippen LogP contribution >= 0.6 is 0 Å². The van der Waals surface area contributed by atoms with Crippen molar-refractivity contribution < 1.29 is 42.1 Å². The lowest BCUT2D eigenvalue weighted by Gasteiger charge is -2.22. The normalized spacial score (nSPS) is 11.6. The van der Waals surface area contributed by atoms with Crippen molar-refractivity contribution in [2.75, 3.05) is 23.0 Å². The number of halogens is 3. The van der Waals surface area contributed by atoms with E-state index in [1.807, 2.05) is 81.4 Å². The average Bonchev–Trinajstić information content (AvgIpc) is 2.99. The van der Waals surface area contributed by atoms with Gasteiger partial charge >= 0.3 is 12.1 Å². The van der Waals surface area contributed by atoms with Crippen LogP contribution in [-0.4, -0.2) is 46.8 Å². The number of carbonyl (C=O) groups excluding carboxylic acids is 2.